The Balaban J connectivity index is 2.64. The summed E-state index contributed by atoms with van der Waals surface area (Å²) in [6.07, 6.45) is 0. The van der Waals surface area contributed by atoms with Gasteiger partial charge in [-0.05, 0) is 24.1 Å². The lowest BCUT2D eigenvalue weighted by Gasteiger charge is -2.09. The fourth-order valence-electron chi connectivity index (χ4n) is 1.35. The molecule has 5 heteroatoms. The second kappa shape index (κ2) is 6.74. The zero-order chi connectivity index (χ0) is 13.5. The van der Waals surface area contributed by atoms with Crippen molar-refractivity contribution in [1.82, 2.24) is 5.32 Å². The van der Waals surface area contributed by atoms with Crippen LogP contribution in [0.3, 0.4) is 0 Å². The summed E-state index contributed by atoms with van der Waals surface area (Å²) in [5, 5.41) is 12.7. The number of nitrogens with zero attached hydrogens (tertiary/aromatic N) is 1. The minimum atomic E-state index is 0.191. The van der Waals surface area contributed by atoms with Crippen LogP contribution in [0.5, 0.6) is 11.5 Å². The van der Waals surface area contributed by atoms with Crippen LogP contribution in [0.25, 0.3) is 0 Å². The SMILES string of the molecule is COc1ccc(O)c(CN=C(N)NCC(C)C)c1. The van der Waals surface area contributed by atoms with E-state index < -0.39 is 0 Å². The molecule has 5 nitrogen and oxygen atoms in total. The van der Waals surface area contributed by atoms with Crippen molar-refractivity contribution in [3.05, 3.63) is 23.8 Å². The third-order valence-electron chi connectivity index (χ3n) is 2.40. The van der Waals surface area contributed by atoms with Crippen molar-refractivity contribution >= 4 is 5.96 Å². The quantitative estimate of drug-likeness (QED) is 0.547. The minimum absolute atomic E-state index is 0.191. The van der Waals surface area contributed by atoms with E-state index in [1.807, 2.05) is 0 Å². The topological polar surface area (TPSA) is 79.9 Å². The van der Waals surface area contributed by atoms with Gasteiger partial charge in [-0.1, -0.05) is 13.8 Å². The maximum absolute atomic E-state index is 9.68. The largest absolute Gasteiger partial charge is 0.508 e. The van der Waals surface area contributed by atoms with Gasteiger partial charge >= 0.3 is 0 Å². The lowest BCUT2D eigenvalue weighted by atomic mass is 10.2. The zero-order valence-electron chi connectivity index (χ0n) is 11.1. The van der Waals surface area contributed by atoms with Gasteiger partial charge in [0.2, 0.25) is 0 Å². The normalized spacial score (nSPS) is 11.7. The molecule has 0 heterocycles. The molecule has 0 bridgehead atoms. The fourth-order valence-corrected chi connectivity index (χ4v) is 1.35. The summed E-state index contributed by atoms with van der Waals surface area (Å²) in [5.74, 6) is 1.76. The summed E-state index contributed by atoms with van der Waals surface area (Å²) < 4.78 is 5.09. The van der Waals surface area contributed by atoms with Gasteiger partial charge < -0.3 is 20.9 Å². The van der Waals surface area contributed by atoms with Crippen LogP contribution in [-0.4, -0.2) is 24.7 Å². The minimum Gasteiger partial charge on any atom is -0.508 e. The van der Waals surface area contributed by atoms with Gasteiger partial charge in [-0.2, -0.15) is 0 Å². The summed E-state index contributed by atoms with van der Waals surface area (Å²) in [7, 11) is 1.58. The number of hydrogen-bond acceptors (Lipinski definition) is 3. The number of guanidine groups is 1. The van der Waals surface area contributed by atoms with Crippen LogP contribution in [0.4, 0.5) is 0 Å². The molecule has 1 aromatic carbocycles. The Morgan fingerprint density at radius 3 is 2.83 bits per heavy atom. The molecule has 0 aliphatic heterocycles. The van der Waals surface area contributed by atoms with Crippen molar-refractivity contribution < 1.29 is 9.84 Å². The van der Waals surface area contributed by atoms with Crippen LogP contribution in [0.2, 0.25) is 0 Å². The number of ether oxygens (including phenoxy) is 1. The summed E-state index contributed by atoms with van der Waals surface area (Å²) in [6.45, 7) is 5.28. The van der Waals surface area contributed by atoms with E-state index in [1.165, 1.54) is 0 Å². The molecule has 0 atom stereocenters. The van der Waals surface area contributed by atoms with Crippen LogP contribution in [0.15, 0.2) is 23.2 Å². The Kier molecular flexibility index (Phi) is 5.30. The molecule has 0 saturated heterocycles. The first-order chi connectivity index (χ1) is 8.52. The molecule has 1 rings (SSSR count). The van der Waals surface area contributed by atoms with E-state index in [2.05, 4.69) is 24.2 Å². The van der Waals surface area contributed by atoms with Crippen LogP contribution < -0.4 is 15.8 Å². The number of aromatic hydroxyl groups is 1. The third-order valence-corrected chi connectivity index (χ3v) is 2.40. The van der Waals surface area contributed by atoms with Crippen LogP contribution in [0.1, 0.15) is 19.4 Å². The average molecular weight is 251 g/mol. The van der Waals surface area contributed by atoms with E-state index in [9.17, 15) is 5.11 Å². The molecular formula is C13H21N3O2. The highest BCUT2D eigenvalue weighted by molar-refractivity contribution is 5.77. The number of nitrogens with two attached hydrogens (primary N) is 1. The molecule has 0 aliphatic rings. The fraction of sp³-hybridized carbons (Fsp3) is 0.462. The molecule has 18 heavy (non-hydrogen) atoms. The number of phenolic OH excluding ortho intramolecular Hbond substituents is 1. The average Bonchev–Trinajstić information content (AvgIpc) is 2.35. The van der Waals surface area contributed by atoms with Gasteiger partial charge in [-0.15, -0.1) is 0 Å². The molecule has 0 amide bonds. The molecule has 4 N–H and O–H groups in total. The molecular weight excluding hydrogens is 230 g/mol. The summed E-state index contributed by atoms with van der Waals surface area (Å²) in [6, 6.07) is 5.03. The van der Waals surface area contributed by atoms with E-state index in [0.29, 0.717) is 29.7 Å². The van der Waals surface area contributed by atoms with Crippen molar-refractivity contribution in [1.29, 1.82) is 0 Å². The van der Waals surface area contributed by atoms with Crippen molar-refractivity contribution in [2.45, 2.75) is 20.4 Å². The molecule has 0 aromatic heterocycles. The van der Waals surface area contributed by atoms with Crippen molar-refractivity contribution in [3.63, 3.8) is 0 Å². The van der Waals surface area contributed by atoms with Gasteiger partial charge in [0.1, 0.15) is 11.5 Å². The monoisotopic (exact) mass is 251 g/mol. The molecule has 0 radical (unpaired) electrons. The first-order valence-electron chi connectivity index (χ1n) is 5.92. The number of methoxy groups -OCH3 is 1. The van der Waals surface area contributed by atoms with Gasteiger partial charge in [0.15, 0.2) is 5.96 Å². The highest BCUT2D eigenvalue weighted by Crippen LogP contribution is 2.23. The van der Waals surface area contributed by atoms with E-state index in [1.54, 1.807) is 25.3 Å². The predicted molar refractivity (Wildman–Crippen MR) is 72.8 cm³/mol. The zero-order valence-corrected chi connectivity index (χ0v) is 11.1. The van der Waals surface area contributed by atoms with E-state index in [4.69, 9.17) is 10.5 Å². The first kappa shape index (κ1) is 14.2. The molecule has 0 unspecified atom stereocenters. The van der Waals surface area contributed by atoms with Crippen molar-refractivity contribution in [3.8, 4) is 11.5 Å². The van der Waals surface area contributed by atoms with Crippen molar-refractivity contribution in [2.75, 3.05) is 13.7 Å². The van der Waals surface area contributed by atoms with Gasteiger partial charge in [0.05, 0.1) is 13.7 Å². The van der Waals surface area contributed by atoms with Gasteiger partial charge in [-0.25, -0.2) is 4.99 Å². The maximum atomic E-state index is 9.68. The maximum Gasteiger partial charge on any atom is 0.188 e. The summed E-state index contributed by atoms with van der Waals surface area (Å²) in [5.41, 5.74) is 6.40. The van der Waals surface area contributed by atoms with Crippen LogP contribution in [0, 0.1) is 5.92 Å². The second-order valence-electron chi connectivity index (χ2n) is 4.47. The Bertz CT molecular complexity index is 417. The lowest BCUT2D eigenvalue weighted by molar-refractivity contribution is 0.411. The molecule has 1 aromatic rings. The number of rotatable bonds is 5. The number of benzene rings is 1. The van der Waals surface area contributed by atoms with Gasteiger partial charge in [-0.3, -0.25) is 0 Å². The molecule has 0 spiro atoms. The van der Waals surface area contributed by atoms with E-state index >= 15 is 0 Å². The Morgan fingerprint density at radius 1 is 1.50 bits per heavy atom. The standard InChI is InChI=1S/C13H21N3O2/c1-9(2)7-15-13(14)16-8-10-6-11(18-3)4-5-12(10)17/h4-6,9,17H,7-8H2,1-3H3,(H3,14,15,16). The lowest BCUT2D eigenvalue weighted by Crippen LogP contribution is -2.34. The number of phenols is 1. The van der Waals surface area contributed by atoms with Gasteiger partial charge in [0.25, 0.3) is 0 Å². The van der Waals surface area contributed by atoms with Gasteiger partial charge in [0, 0.05) is 12.1 Å². The van der Waals surface area contributed by atoms with Crippen molar-refractivity contribution in [2.24, 2.45) is 16.6 Å². The number of hydrogen-bond donors (Lipinski definition) is 3. The Hall–Kier alpha value is -1.91. The van der Waals surface area contributed by atoms with E-state index in [0.717, 1.165) is 6.54 Å². The highest BCUT2D eigenvalue weighted by Gasteiger charge is 2.03. The number of aliphatic imine (C=N–C) groups is 1. The summed E-state index contributed by atoms with van der Waals surface area (Å²) in [4.78, 5) is 4.17. The molecule has 0 fully saturated rings. The third kappa shape index (κ3) is 4.53. The Morgan fingerprint density at radius 2 is 2.22 bits per heavy atom. The first-order valence-corrected chi connectivity index (χ1v) is 5.92. The number of nitrogens with one attached hydrogen (secondary N) is 1. The smallest absolute Gasteiger partial charge is 0.188 e. The molecule has 100 valence electrons. The van der Waals surface area contributed by atoms with E-state index in [-0.39, 0.29) is 5.75 Å². The summed E-state index contributed by atoms with van der Waals surface area (Å²) >= 11 is 0. The van der Waals surface area contributed by atoms with Crippen LogP contribution in [-0.2, 0) is 6.54 Å². The Labute approximate surface area is 108 Å². The molecule has 0 saturated carbocycles. The van der Waals surface area contributed by atoms with Crippen LogP contribution >= 0.6 is 0 Å². The predicted octanol–water partition coefficient (Wildman–Crippen LogP) is 1.46. The highest BCUT2D eigenvalue weighted by atomic mass is 16.5. The second-order valence-corrected chi connectivity index (χ2v) is 4.47. The molecule has 0 aliphatic carbocycles.